The van der Waals surface area contributed by atoms with Crippen LogP contribution in [-0.2, 0) is 4.79 Å². The maximum absolute atomic E-state index is 12.4. The van der Waals surface area contributed by atoms with E-state index < -0.39 is 0 Å². The number of Topliss-reactive ketones (excluding diaryl/α,β-unsaturated/α-hetero) is 1. The first-order valence-electron chi connectivity index (χ1n) is 9.25. The van der Waals surface area contributed by atoms with E-state index in [1.165, 1.54) is 6.42 Å². The molecule has 22 heavy (non-hydrogen) atoms. The zero-order valence-corrected chi connectivity index (χ0v) is 13.9. The van der Waals surface area contributed by atoms with Crippen molar-refractivity contribution in [1.82, 2.24) is 0 Å². The van der Waals surface area contributed by atoms with Gasteiger partial charge in [0.15, 0.2) is 0 Å². The predicted octanol–water partition coefficient (Wildman–Crippen LogP) is 2.93. The highest BCUT2D eigenvalue weighted by molar-refractivity contribution is 5.87. The molecule has 0 radical (unpaired) electrons. The molecule has 0 heterocycles. The minimum atomic E-state index is -0.337. The van der Waals surface area contributed by atoms with Crippen LogP contribution in [0, 0.1) is 34.5 Å². The molecule has 4 rings (SSSR count). The first kappa shape index (κ1) is 15.1. The normalized spacial score (nSPS) is 57.9. The highest BCUT2D eigenvalue weighted by Crippen LogP contribution is 2.65. The van der Waals surface area contributed by atoms with Crippen molar-refractivity contribution in [2.24, 2.45) is 34.5 Å². The van der Waals surface area contributed by atoms with E-state index >= 15 is 0 Å². The van der Waals surface area contributed by atoms with E-state index in [0.717, 1.165) is 38.5 Å². The number of ketones is 1. The third kappa shape index (κ3) is 1.84. The fourth-order valence-corrected chi connectivity index (χ4v) is 7.13. The monoisotopic (exact) mass is 306 g/mol. The molecule has 4 fully saturated rings. The van der Waals surface area contributed by atoms with Crippen molar-refractivity contribution >= 4 is 5.78 Å². The molecule has 0 aromatic heterocycles. The molecule has 0 aromatic rings. The third-order valence-corrected chi connectivity index (χ3v) is 8.28. The zero-order chi connectivity index (χ0) is 15.7. The van der Waals surface area contributed by atoms with Gasteiger partial charge in [0, 0.05) is 11.8 Å². The summed E-state index contributed by atoms with van der Waals surface area (Å²) in [5.74, 6) is 2.27. The lowest BCUT2D eigenvalue weighted by Crippen LogP contribution is -2.59. The van der Waals surface area contributed by atoms with Gasteiger partial charge in [-0.15, -0.1) is 0 Å². The van der Waals surface area contributed by atoms with Gasteiger partial charge >= 0.3 is 0 Å². The summed E-state index contributed by atoms with van der Waals surface area (Å²) in [5.41, 5.74) is -0.105. The van der Waals surface area contributed by atoms with Crippen molar-refractivity contribution in [3.8, 4) is 0 Å². The average Bonchev–Trinajstić information content (AvgIpc) is 2.75. The lowest BCUT2D eigenvalue weighted by molar-refractivity contribution is -0.175. The van der Waals surface area contributed by atoms with E-state index in [9.17, 15) is 15.0 Å². The maximum atomic E-state index is 12.4. The molecule has 4 saturated carbocycles. The largest absolute Gasteiger partial charge is 0.393 e. The van der Waals surface area contributed by atoms with Gasteiger partial charge in [0.05, 0.1) is 12.2 Å². The summed E-state index contributed by atoms with van der Waals surface area (Å²) >= 11 is 0. The van der Waals surface area contributed by atoms with Gasteiger partial charge in [-0.05, 0) is 74.0 Å². The highest BCUT2D eigenvalue weighted by atomic mass is 16.3. The van der Waals surface area contributed by atoms with Crippen LogP contribution in [0.3, 0.4) is 0 Å². The Morgan fingerprint density at radius 3 is 2.64 bits per heavy atom. The van der Waals surface area contributed by atoms with E-state index in [1.54, 1.807) is 0 Å². The molecule has 4 aliphatic rings. The van der Waals surface area contributed by atoms with Crippen LogP contribution in [0.5, 0.6) is 0 Å². The number of hydrogen-bond donors (Lipinski definition) is 2. The van der Waals surface area contributed by atoms with E-state index in [2.05, 4.69) is 13.8 Å². The Kier molecular flexibility index (Phi) is 3.30. The standard InChI is InChI=1S/C19H30O3/c1-18-8-7-12(20)9-11(18)3-4-13-14-5-6-16(22)19(14,2)10-15(21)17(13)18/h11-15,17,20-21H,3-10H2,1-2H3/t11-,12+,13-,14-,15+,17-,18-,19-/m0/s1. The summed E-state index contributed by atoms with van der Waals surface area (Å²) in [6, 6.07) is 0. The number of aliphatic hydroxyl groups is 2. The number of aliphatic hydroxyl groups excluding tert-OH is 2. The van der Waals surface area contributed by atoms with Crippen LogP contribution < -0.4 is 0 Å². The van der Waals surface area contributed by atoms with Crippen molar-refractivity contribution in [3.05, 3.63) is 0 Å². The van der Waals surface area contributed by atoms with Crippen molar-refractivity contribution < 1.29 is 15.0 Å². The molecule has 0 spiro atoms. The van der Waals surface area contributed by atoms with Crippen LogP contribution in [0.15, 0.2) is 0 Å². The molecule has 2 N–H and O–H groups in total. The van der Waals surface area contributed by atoms with E-state index in [-0.39, 0.29) is 23.0 Å². The van der Waals surface area contributed by atoms with Gasteiger partial charge in [-0.25, -0.2) is 0 Å². The SMILES string of the molecule is C[C@]12CC[C@@H](O)C[C@@H]1CC[C@@H]1[C@H]2[C@H](O)C[C@]2(C)C(=O)CC[C@@H]12. The first-order valence-corrected chi connectivity index (χ1v) is 9.25. The summed E-state index contributed by atoms with van der Waals surface area (Å²) in [6.07, 6.45) is 7.08. The molecule has 0 saturated heterocycles. The topological polar surface area (TPSA) is 57.5 Å². The minimum absolute atomic E-state index is 0.145. The summed E-state index contributed by atoms with van der Waals surface area (Å²) in [5, 5.41) is 21.0. The van der Waals surface area contributed by atoms with Gasteiger partial charge in [-0.2, -0.15) is 0 Å². The fraction of sp³-hybridized carbons (Fsp3) is 0.947. The second kappa shape index (κ2) is 4.80. The maximum Gasteiger partial charge on any atom is 0.139 e. The summed E-state index contributed by atoms with van der Waals surface area (Å²) in [4.78, 5) is 12.4. The summed E-state index contributed by atoms with van der Waals surface area (Å²) in [6.45, 7) is 4.48. The molecular weight excluding hydrogens is 276 g/mol. The van der Waals surface area contributed by atoms with Crippen LogP contribution in [0.25, 0.3) is 0 Å². The van der Waals surface area contributed by atoms with Gasteiger partial charge in [0.2, 0.25) is 0 Å². The zero-order valence-electron chi connectivity index (χ0n) is 13.9. The molecular formula is C19H30O3. The van der Waals surface area contributed by atoms with E-state index in [1.807, 2.05) is 0 Å². The number of fused-ring (bicyclic) bond motifs is 5. The fourth-order valence-electron chi connectivity index (χ4n) is 7.13. The molecule has 124 valence electrons. The lowest BCUT2D eigenvalue weighted by atomic mass is 9.44. The van der Waals surface area contributed by atoms with Gasteiger partial charge < -0.3 is 10.2 Å². The molecule has 0 amide bonds. The predicted molar refractivity (Wildman–Crippen MR) is 84.1 cm³/mol. The van der Waals surface area contributed by atoms with Crippen molar-refractivity contribution in [3.63, 3.8) is 0 Å². The lowest BCUT2D eigenvalue weighted by Gasteiger charge is -2.61. The summed E-state index contributed by atoms with van der Waals surface area (Å²) < 4.78 is 0. The quantitative estimate of drug-likeness (QED) is 0.723. The Labute approximate surface area is 133 Å². The number of hydrogen-bond acceptors (Lipinski definition) is 3. The van der Waals surface area contributed by atoms with Crippen molar-refractivity contribution in [1.29, 1.82) is 0 Å². The Morgan fingerprint density at radius 1 is 1.09 bits per heavy atom. The number of carbonyl (C=O) groups is 1. The Hall–Kier alpha value is -0.410. The van der Waals surface area contributed by atoms with Crippen LogP contribution in [0.2, 0.25) is 0 Å². The molecule has 0 unspecified atom stereocenters. The van der Waals surface area contributed by atoms with Crippen LogP contribution in [-0.4, -0.2) is 28.2 Å². The van der Waals surface area contributed by atoms with Gasteiger partial charge in [-0.3, -0.25) is 4.79 Å². The minimum Gasteiger partial charge on any atom is -0.393 e. The van der Waals surface area contributed by atoms with E-state index in [0.29, 0.717) is 35.9 Å². The van der Waals surface area contributed by atoms with Crippen LogP contribution in [0.1, 0.15) is 65.2 Å². The molecule has 0 aliphatic heterocycles. The Bertz CT molecular complexity index is 489. The number of rotatable bonds is 0. The third-order valence-electron chi connectivity index (χ3n) is 8.28. The smallest absolute Gasteiger partial charge is 0.139 e. The molecule has 0 bridgehead atoms. The average molecular weight is 306 g/mol. The van der Waals surface area contributed by atoms with Gasteiger partial charge in [0.1, 0.15) is 5.78 Å². The molecule has 4 aliphatic carbocycles. The molecule has 3 heteroatoms. The van der Waals surface area contributed by atoms with Gasteiger partial charge in [0.25, 0.3) is 0 Å². The Balaban J connectivity index is 1.69. The first-order chi connectivity index (χ1) is 10.4. The van der Waals surface area contributed by atoms with Crippen molar-refractivity contribution in [2.45, 2.75) is 77.4 Å². The second-order valence-corrected chi connectivity index (χ2v) is 9.16. The highest BCUT2D eigenvalue weighted by Gasteiger charge is 2.63. The van der Waals surface area contributed by atoms with E-state index in [4.69, 9.17) is 0 Å². The Morgan fingerprint density at radius 2 is 1.86 bits per heavy atom. The number of carbonyl (C=O) groups excluding carboxylic acids is 1. The van der Waals surface area contributed by atoms with Crippen LogP contribution in [0.4, 0.5) is 0 Å². The molecule has 8 atom stereocenters. The van der Waals surface area contributed by atoms with Crippen LogP contribution >= 0.6 is 0 Å². The molecule has 3 nitrogen and oxygen atoms in total. The second-order valence-electron chi connectivity index (χ2n) is 9.16. The van der Waals surface area contributed by atoms with Gasteiger partial charge in [-0.1, -0.05) is 13.8 Å². The summed E-state index contributed by atoms with van der Waals surface area (Å²) in [7, 11) is 0. The molecule has 0 aromatic carbocycles. The van der Waals surface area contributed by atoms with Crippen molar-refractivity contribution in [2.75, 3.05) is 0 Å².